The van der Waals surface area contributed by atoms with E-state index in [0.717, 1.165) is 0 Å². The second-order valence-corrected chi connectivity index (χ2v) is 10.3. The maximum absolute atomic E-state index is 14.5. The minimum Gasteiger partial charge on any atom is -0.497 e. The number of hydrogen-bond donors (Lipinski definition) is 3. The smallest absolute Gasteiger partial charge is 0.338 e. The fourth-order valence-corrected chi connectivity index (χ4v) is 4.97. The van der Waals surface area contributed by atoms with Gasteiger partial charge in [0.1, 0.15) is 23.1 Å². The standard InChI is InChI=1S/C21H23FO3.C16H15FO4/c1-4-10-21(24,11-5-2)19-12-15(14-23)6-8-17(19)18-13-16(25-3)7-9-20(18)22;1-20-11-4-6-15(17)13(8-11)12-5-3-10(9-18)7-14(12)16(19)21-2/h4-9,12-13,23-24H,1-2,10-11,14H2,3H3;3-8,18H,9H2,1-2H3. The number of carbonyl (C=O) groups is 1. The highest BCUT2D eigenvalue weighted by Crippen LogP contribution is 2.39. The molecule has 7 nitrogen and oxygen atoms in total. The number of rotatable bonds is 12. The Bertz CT molecular complexity index is 1670. The average molecular weight is 633 g/mol. The van der Waals surface area contributed by atoms with Crippen molar-refractivity contribution < 1.29 is 43.1 Å². The molecule has 46 heavy (non-hydrogen) atoms. The number of aliphatic hydroxyl groups is 3. The van der Waals surface area contributed by atoms with Crippen LogP contribution in [0.5, 0.6) is 11.5 Å². The molecule has 0 unspecified atom stereocenters. The molecule has 0 saturated carbocycles. The predicted molar refractivity (Wildman–Crippen MR) is 173 cm³/mol. The molecule has 0 heterocycles. The lowest BCUT2D eigenvalue weighted by molar-refractivity contribution is 0.0434. The van der Waals surface area contributed by atoms with Crippen LogP contribution in [-0.4, -0.2) is 42.6 Å². The topological polar surface area (TPSA) is 105 Å². The number of carbonyl (C=O) groups excluding carboxylic acids is 1. The highest BCUT2D eigenvalue weighted by molar-refractivity contribution is 5.97. The summed E-state index contributed by atoms with van der Waals surface area (Å²) in [5.41, 5.74) is 2.08. The van der Waals surface area contributed by atoms with Gasteiger partial charge in [-0.15, -0.1) is 13.2 Å². The Labute approximate surface area is 267 Å². The van der Waals surface area contributed by atoms with E-state index in [9.17, 15) is 23.8 Å². The Hall–Kier alpha value is -4.83. The summed E-state index contributed by atoms with van der Waals surface area (Å²) in [5, 5.41) is 29.8. The van der Waals surface area contributed by atoms with Crippen LogP contribution in [0.3, 0.4) is 0 Å². The minimum absolute atomic E-state index is 0.174. The normalized spacial score (nSPS) is 10.8. The molecule has 0 atom stereocenters. The van der Waals surface area contributed by atoms with E-state index in [2.05, 4.69) is 13.2 Å². The van der Waals surface area contributed by atoms with Crippen LogP contribution in [0.2, 0.25) is 0 Å². The van der Waals surface area contributed by atoms with Gasteiger partial charge in [0, 0.05) is 11.1 Å². The van der Waals surface area contributed by atoms with Crippen molar-refractivity contribution in [3.63, 3.8) is 0 Å². The maximum Gasteiger partial charge on any atom is 0.338 e. The number of ether oxygens (including phenoxy) is 3. The van der Waals surface area contributed by atoms with Gasteiger partial charge in [-0.1, -0.05) is 36.4 Å². The third-order valence-electron chi connectivity index (χ3n) is 7.33. The zero-order valence-electron chi connectivity index (χ0n) is 26.1. The molecule has 4 aromatic rings. The van der Waals surface area contributed by atoms with Crippen LogP contribution in [-0.2, 0) is 23.6 Å². The Kier molecular flexibility index (Phi) is 12.8. The molecule has 0 aliphatic rings. The molecular formula is C37H38F2O7. The molecule has 0 aliphatic carbocycles. The third kappa shape index (κ3) is 8.25. The molecule has 0 bridgehead atoms. The Morgan fingerprint density at radius 2 is 1.20 bits per heavy atom. The van der Waals surface area contributed by atoms with E-state index < -0.39 is 23.2 Å². The van der Waals surface area contributed by atoms with E-state index in [0.29, 0.717) is 44.9 Å². The van der Waals surface area contributed by atoms with Gasteiger partial charge in [0.25, 0.3) is 0 Å². The van der Waals surface area contributed by atoms with Crippen LogP contribution < -0.4 is 9.47 Å². The van der Waals surface area contributed by atoms with Crippen LogP contribution >= 0.6 is 0 Å². The van der Waals surface area contributed by atoms with Gasteiger partial charge in [0.15, 0.2) is 0 Å². The molecule has 0 saturated heterocycles. The number of esters is 1. The Balaban J connectivity index is 0.000000254. The largest absolute Gasteiger partial charge is 0.497 e. The minimum atomic E-state index is -1.29. The fourth-order valence-electron chi connectivity index (χ4n) is 4.97. The zero-order chi connectivity index (χ0) is 33.9. The van der Waals surface area contributed by atoms with Gasteiger partial charge in [-0.25, -0.2) is 13.6 Å². The molecule has 0 aliphatic heterocycles. The van der Waals surface area contributed by atoms with Crippen molar-refractivity contribution in [2.45, 2.75) is 31.7 Å². The van der Waals surface area contributed by atoms with Crippen molar-refractivity contribution in [1.82, 2.24) is 0 Å². The maximum atomic E-state index is 14.5. The van der Waals surface area contributed by atoms with E-state index in [-0.39, 0.29) is 37.2 Å². The molecule has 242 valence electrons. The summed E-state index contributed by atoms with van der Waals surface area (Å²) in [6, 6.07) is 18.5. The second kappa shape index (κ2) is 16.5. The van der Waals surface area contributed by atoms with E-state index in [1.54, 1.807) is 54.6 Å². The van der Waals surface area contributed by atoms with Crippen LogP contribution in [0.25, 0.3) is 22.3 Å². The van der Waals surface area contributed by atoms with Crippen LogP contribution in [0.1, 0.15) is 39.9 Å². The number of benzene rings is 4. The van der Waals surface area contributed by atoms with Crippen LogP contribution in [0.15, 0.2) is 98.1 Å². The highest BCUT2D eigenvalue weighted by Gasteiger charge is 2.30. The summed E-state index contributed by atoms with van der Waals surface area (Å²) in [5.74, 6) is -0.489. The fraction of sp³-hybridized carbons (Fsp3) is 0.216. The van der Waals surface area contributed by atoms with Gasteiger partial charge >= 0.3 is 5.97 Å². The summed E-state index contributed by atoms with van der Waals surface area (Å²) >= 11 is 0. The predicted octanol–water partition coefficient (Wildman–Crippen LogP) is 7.11. The van der Waals surface area contributed by atoms with Gasteiger partial charge < -0.3 is 29.5 Å². The lowest BCUT2D eigenvalue weighted by atomic mass is 9.81. The summed E-state index contributed by atoms with van der Waals surface area (Å²) < 4.78 is 43.5. The van der Waals surface area contributed by atoms with Gasteiger partial charge in [-0.2, -0.15) is 0 Å². The number of hydrogen-bond acceptors (Lipinski definition) is 7. The van der Waals surface area contributed by atoms with Gasteiger partial charge in [0.2, 0.25) is 0 Å². The molecule has 0 amide bonds. The van der Waals surface area contributed by atoms with Crippen molar-refractivity contribution in [3.8, 4) is 33.8 Å². The lowest BCUT2D eigenvalue weighted by Gasteiger charge is -2.29. The molecule has 3 N–H and O–H groups in total. The number of halogens is 2. The molecule has 4 rings (SSSR count). The zero-order valence-corrected chi connectivity index (χ0v) is 26.1. The lowest BCUT2D eigenvalue weighted by Crippen LogP contribution is -2.25. The quantitative estimate of drug-likeness (QED) is 0.113. The third-order valence-corrected chi connectivity index (χ3v) is 7.33. The summed E-state index contributed by atoms with van der Waals surface area (Å²) in [6.07, 6.45) is 3.76. The van der Waals surface area contributed by atoms with E-state index >= 15 is 0 Å². The molecule has 9 heteroatoms. The first kappa shape index (κ1) is 35.6. The first-order valence-corrected chi connectivity index (χ1v) is 14.3. The molecule has 0 radical (unpaired) electrons. The van der Waals surface area contributed by atoms with E-state index in [4.69, 9.17) is 19.3 Å². The monoisotopic (exact) mass is 632 g/mol. The van der Waals surface area contributed by atoms with Crippen molar-refractivity contribution in [1.29, 1.82) is 0 Å². The summed E-state index contributed by atoms with van der Waals surface area (Å²) in [7, 11) is 4.24. The van der Waals surface area contributed by atoms with Crippen molar-refractivity contribution in [2.75, 3.05) is 21.3 Å². The molecular weight excluding hydrogens is 594 g/mol. The first-order valence-electron chi connectivity index (χ1n) is 14.3. The second-order valence-electron chi connectivity index (χ2n) is 10.3. The molecule has 0 fully saturated rings. The average Bonchev–Trinajstić information content (AvgIpc) is 3.08. The van der Waals surface area contributed by atoms with Gasteiger partial charge in [-0.3, -0.25) is 0 Å². The van der Waals surface area contributed by atoms with E-state index in [1.165, 1.54) is 51.7 Å². The van der Waals surface area contributed by atoms with Crippen molar-refractivity contribution >= 4 is 5.97 Å². The Morgan fingerprint density at radius 3 is 1.65 bits per heavy atom. The van der Waals surface area contributed by atoms with Crippen LogP contribution in [0, 0.1) is 11.6 Å². The van der Waals surface area contributed by atoms with Crippen molar-refractivity contribution in [3.05, 3.63) is 132 Å². The van der Waals surface area contributed by atoms with E-state index in [1.807, 2.05) is 0 Å². The van der Waals surface area contributed by atoms with Gasteiger partial charge in [-0.05, 0) is 89.2 Å². The summed E-state index contributed by atoms with van der Waals surface area (Å²) in [6.45, 7) is 7.02. The van der Waals surface area contributed by atoms with Crippen molar-refractivity contribution in [2.24, 2.45) is 0 Å². The molecule has 4 aromatic carbocycles. The highest BCUT2D eigenvalue weighted by atomic mass is 19.1. The van der Waals surface area contributed by atoms with Crippen LogP contribution in [0.4, 0.5) is 8.78 Å². The number of methoxy groups -OCH3 is 3. The Morgan fingerprint density at radius 1 is 0.717 bits per heavy atom. The summed E-state index contributed by atoms with van der Waals surface area (Å²) in [4.78, 5) is 11.9. The SMILES string of the molecule is C=CCC(O)(CC=C)c1cc(CO)ccc1-c1cc(OC)ccc1F.COC(=O)c1cc(CO)ccc1-c1cc(OC)ccc1F. The molecule has 0 spiro atoms. The molecule has 0 aromatic heterocycles. The van der Waals surface area contributed by atoms with Gasteiger partial charge in [0.05, 0.1) is 45.7 Å². The first-order chi connectivity index (χ1) is 22.1. The number of aliphatic hydroxyl groups excluding tert-OH is 2.